The van der Waals surface area contributed by atoms with Crippen molar-refractivity contribution in [2.45, 2.75) is 31.7 Å². The van der Waals surface area contributed by atoms with Crippen LogP contribution in [0.1, 0.15) is 26.2 Å². The number of hydrogen-bond acceptors (Lipinski definition) is 2. The van der Waals surface area contributed by atoms with Gasteiger partial charge in [-0.1, -0.05) is 6.92 Å². The minimum Gasteiger partial charge on any atom is -0.397 e. The lowest BCUT2D eigenvalue weighted by atomic mass is 10.1. The molecule has 0 unspecified atom stereocenters. The minimum atomic E-state index is -0.242. The van der Waals surface area contributed by atoms with Gasteiger partial charge in [0, 0.05) is 5.54 Å². The lowest BCUT2D eigenvalue weighted by molar-refractivity contribution is 0.627. The maximum Gasteiger partial charge on any atom is 0.125 e. The number of halogens is 1. The fraction of sp³-hybridized carbons (Fsp3) is 0.455. The number of rotatable bonds is 3. The van der Waals surface area contributed by atoms with Crippen molar-refractivity contribution in [1.29, 1.82) is 0 Å². The van der Waals surface area contributed by atoms with Gasteiger partial charge >= 0.3 is 0 Å². The van der Waals surface area contributed by atoms with Crippen molar-refractivity contribution in [3.63, 3.8) is 0 Å². The van der Waals surface area contributed by atoms with E-state index in [0.717, 1.165) is 24.9 Å². The van der Waals surface area contributed by atoms with Crippen LogP contribution in [-0.2, 0) is 0 Å². The second-order valence-electron chi connectivity index (χ2n) is 3.99. The summed E-state index contributed by atoms with van der Waals surface area (Å²) >= 11 is 0. The highest BCUT2D eigenvalue weighted by molar-refractivity contribution is 5.67. The Morgan fingerprint density at radius 2 is 2.21 bits per heavy atom. The van der Waals surface area contributed by atoms with E-state index in [-0.39, 0.29) is 11.4 Å². The third-order valence-electron chi connectivity index (χ3n) is 2.95. The molecule has 1 aromatic rings. The molecular formula is C11H15FN2. The van der Waals surface area contributed by atoms with Crippen molar-refractivity contribution in [2.75, 3.05) is 11.1 Å². The Bertz CT molecular complexity index is 345. The zero-order chi connectivity index (χ0) is 10.2. The van der Waals surface area contributed by atoms with E-state index in [2.05, 4.69) is 12.2 Å². The highest BCUT2D eigenvalue weighted by Gasteiger charge is 2.40. The Morgan fingerprint density at radius 1 is 1.50 bits per heavy atom. The molecule has 1 aliphatic rings. The smallest absolute Gasteiger partial charge is 0.125 e. The Balaban J connectivity index is 2.20. The van der Waals surface area contributed by atoms with E-state index in [1.54, 1.807) is 6.07 Å². The number of benzene rings is 1. The molecule has 0 aliphatic heterocycles. The highest BCUT2D eigenvalue weighted by Crippen LogP contribution is 2.42. The van der Waals surface area contributed by atoms with Crippen LogP contribution < -0.4 is 11.1 Å². The average Bonchev–Trinajstić information content (AvgIpc) is 2.92. The van der Waals surface area contributed by atoms with Crippen LogP contribution in [0.15, 0.2) is 18.2 Å². The van der Waals surface area contributed by atoms with Crippen LogP contribution in [0.25, 0.3) is 0 Å². The lowest BCUT2D eigenvalue weighted by Crippen LogP contribution is -2.20. The van der Waals surface area contributed by atoms with Crippen molar-refractivity contribution >= 4 is 11.4 Å². The summed E-state index contributed by atoms with van der Waals surface area (Å²) in [6.45, 7) is 2.13. The summed E-state index contributed by atoms with van der Waals surface area (Å²) in [6, 6.07) is 4.44. The fourth-order valence-corrected chi connectivity index (χ4v) is 1.64. The van der Waals surface area contributed by atoms with Crippen LogP contribution in [-0.4, -0.2) is 5.54 Å². The first kappa shape index (κ1) is 9.31. The summed E-state index contributed by atoms with van der Waals surface area (Å²) in [5.41, 5.74) is 7.28. The maximum absolute atomic E-state index is 13.0. The van der Waals surface area contributed by atoms with Gasteiger partial charge in [-0.3, -0.25) is 0 Å². The van der Waals surface area contributed by atoms with Gasteiger partial charge in [-0.25, -0.2) is 4.39 Å². The molecule has 0 spiro atoms. The molecule has 3 N–H and O–H groups in total. The van der Waals surface area contributed by atoms with Gasteiger partial charge < -0.3 is 11.1 Å². The van der Waals surface area contributed by atoms with Gasteiger partial charge in [0.15, 0.2) is 0 Å². The van der Waals surface area contributed by atoms with E-state index in [4.69, 9.17) is 5.73 Å². The molecule has 2 rings (SSSR count). The summed E-state index contributed by atoms with van der Waals surface area (Å²) in [5.74, 6) is -0.242. The average molecular weight is 194 g/mol. The van der Waals surface area contributed by atoms with Crippen LogP contribution in [0.4, 0.5) is 15.8 Å². The topological polar surface area (TPSA) is 38.0 Å². The molecule has 0 heterocycles. The van der Waals surface area contributed by atoms with Gasteiger partial charge in [-0.05, 0) is 37.5 Å². The highest BCUT2D eigenvalue weighted by atomic mass is 19.1. The van der Waals surface area contributed by atoms with E-state index in [1.807, 2.05) is 0 Å². The first-order chi connectivity index (χ1) is 6.65. The van der Waals surface area contributed by atoms with Crippen LogP contribution in [0.3, 0.4) is 0 Å². The van der Waals surface area contributed by atoms with Crippen LogP contribution in [0, 0.1) is 5.82 Å². The van der Waals surface area contributed by atoms with Crippen molar-refractivity contribution in [1.82, 2.24) is 0 Å². The molecule has 0 radical (unpaired) electrons. The SMILES string of the molecule is CCC1(Nc2cc(F)ccc2N)CC1. The molecule has 2 nitrogen and oxygen atoms in total. The van der Waals surface area contributed by atoms with E-state index >= 15 is 0 Å². The van der Waals surface area contributed by atoms with E-state index < -0.39 is 0 Å². The summed E-state index contributed by atoms with van der Waals surface area (Å²) in [5, 5.41) is 3.32. The second kappa shape index (κ2) is 3.15. The molecule has 0 atom stereocenters. The monoisotopic (exact) mass is 194 g/mol. The zero-order valence-corrected chi connectivity index (χ0v) is 8.31. The molecule has 1 fully saturated rings. The Kier molecular flexibility index (Phi) is 2.10. The maximum atomic E-state index is 13.0. The third-order valence-corrected chi connectivity index (χ3v) is 2.95. The molecule has 3 heteroatoms. The largest absolute Gasteiger partial charge is 0.397 e. The molecule has 14 heavy (non-hydrogen) atoms. The van der Waals surface area contributed by atoms with Crippen molar-refractivity contribution in [2.24, 2.45) is 0 Å². The van der Waals surface area contributed by atoms with Gasteiger partial charge in [0.2, 0.25) is 0 Å². The van der Waals surface area contributed by atoms with Crippen LogP contribution in [0.5, 0.6) is 0 Å². The minimum absolute atomic E-state index is 0.182. The van der Waals surface area contributed by atoms with Crippen LogP contribution in [0.2, 0.25) is 0 Å². The lowest BCUT2D eigenvalue weighted by Gasteiger charge is -2.18. The molecule has 0 amide bonds. The fourth-order valence-electron chi connectivity index (χ4n) is 1.64. The summed E-state index contributed by atoms with van der Waals surface area (Å²) in [6.07, 6.45) is 3.36. The second-order valence-corrected chi connectivity index (χ2v) is 3.99. The van der Waals surface area contributed by atoms with Crippen molar-refractivity contribution < 1.29 is 4.39 Å². The predicted molar refractivity (Wildman–Crippen MR) is 56.7 cm³/mol. The standard InChI is InChI=1S/C11H15FN2/c1-2-11(5-6-11)14-10-7-8(12)3-4-9(10)13/h3-4,7,14H,2,5-6,13H2,1H3. The van der Waals surface area contributed by atoms with Gasteiger partial charge in [0.1, 0.15) is 5.82 Å². The molecule has 1 aliphatic carbocycles. The van der Waals surface area contributed by atoms with Gasteiger partial charge in [-0.15, -0.1) is 0 Å². The zero-order valence-electron chi connectivity index (χ0n) is 8.31. The van der Waals surface area contributed by atoms with E-state index in [9.17, 15) is 4.39 Å². The van der Waals surface area contributed by atoms with E-state index in [0.29, 0.717) is 5.69 Å². The number of nitrogens with two attached hydrogens (primary N) is 1. The molecule has 1 saturated carbocycles. The molecular weight excluding hydrogens is 179 g/mol. The first-order valence-electron chi connectivity index (χ1n) is 4.98. The van der Waals surface area contributed by atoms with Gasteiger partial charge in [0.25, 0.3) is 0 Å². The van der Waals surface area contributed by atoms with Crippen molar-refractivity contribution in [3.05, 3.63) is 24.0 Å². The molecule has 0 bridgehead atoms. The van der Waals surface area contributed by atoms with Crippen molar-refractivity contribution in [3.8, 4) is 0 Å². The Hall–Kier alpha value is -1.25. The molecule has 1 aromatic carbocycles. The van der Waals surface area contributed by atoms with Crippen LogP contribution >= 0.6 is 0 Å². The summed E-state index contributed by atoms with van der Waals surface area (Å²) in [7, 11) is 0. The Morgan fingerprint density at radius 3 is 2.79 bits per heavy atom. The molecule has 0 saturated heterocycles. The van der Waals surface area contributed by atoms with Gasteiger partial charge in [-0.2, -0.15) is 0 Å². The number of hydrogen-bond donors (Lipinski definition) is 2. The molecule has 0 aromatic heterocycles. The normalized spacial score (nSPS) is 17.9. The summed E-state index contributed by atoms with van der Waals surface area (Å²) < 4.78 is 13.0. The number of anilines is 2. The molecule has 76 valence electrons. The van der Waals surface area contributed by atoms with E-state index in [1.165, 1.54) is 12.1 Å². The van der Waals surface area contributed by atoms with Gasteiger partial charge in [0.05, 0.1) is 11.4 Å². The number of nitrogen functional groups attached to an aromatic ring is 1. The Labute approximate surface area is 83.3 Å². The first-order valence-corrected chi connectivity index (χ1v) is 4.98. The number of nitrogens with one attached hydrogen (secondary N) is 1. The predicted octanol–water partition coefficient (Wildman–Crippen LogP) is 2.76. The third kappa shape index (κ3) is 1.67. The summed E-state index contributed by atoms with van der Waals surface area (Å²) in [4.78, 5) is 0. The quantitative estimate of drug-likeness (QED) is 0.726.